The van der Waals surface area contributed by atoms with E-state index >= 15 is 0 Å². The zero-order valence-electron chi connectivity index (χ0n) is 7.43. The number of hydrogen-bond donors (Lipinski definition) is 0. The molecule has 0 aromatic rings. The van der Waals surface area contributed by atoms with Crippen molar-refractivity contribution in [3.05, 3.63) is 0 Å². The van der Waals surface area contributed by atoms with Gasteiger partial charge in [-0.2, -0.15) is 4.39 Å². The first-order chi connectivity index (χ1) is 6.07. The molecule has 78 valence electrons. The Bertz CT molecular complexity index is 150. The molecule has 2 nitrogen and oxygen atoms in total. The van der Waals surface area contributed by atoms with Crippen LogP contribution in [0.1, 0.15) is 32.6 Å². The predicted molar refractivity (Wildman–Crippen MR) is 41.1 cm³/mol. The Kier molecular flexibility index (Phi) is 6.36. The van der Waals surface area contributed by atoms with Gasteiger partial charge in [0.05, 0.1) is 0 Å². The van der Waals surface area contributed by atoms with Crippen molar-refractivity contribution in [2.24, 2.45) is 0 Å². The fourth-order valence-corrected chi connectivity index (χ4v) is 0.755. The number of rotatable bonds is 6. The van der Waals surface area contributed by atoms with E-state index in [9.17, 15) is 18.0 Å². The van der Waals surface area contributed by atoms with Crippen LogP contribution in [0.15, 0.2) is 0 Å². The van der Waals surface area contributed by atoms with E-state index in [1.165, 1.54) is 0 Å². The molecule has 0 amide bonds. The van der Waals surface area contributed by atoms with Crippen molar-refractivity contribution in [2.75, 3.05) is 0 Å². The molecule has 13 heavy (non-hydrogen) atoms. The van der Waals surface area contributed by atoms with Crippen LogP contribution in [-0.2, 0) is 9.53 Å². The van der Waals surface area contributed by atoms with Gasteiger partial charge in [-0.15, -0.1) is 0 Å². The SMILES string of the molecule is CCCCCC(=O)OC(F)C(F)F. The number of ether oxygens (including phenoxy) is 1. The lowest BCUT2D eigenvalue weighted by atomic mass is 10.2. The average molecular weight is 198 g/mol. The summed E-state index contributed by atoms with van der Waals surface area (Å²) in [6.45, 7) is 1.93. The molecule has 0 heterocycles. The second kappa shape index (κ2) is 6.74. The molecular formula is C8H13F3O2. The van der Waals surface area contributed by atoms with Gasteiger partial charge in [0, 0.05) is 6.42 Å². The summed E-state index contributed by atoms with van der Waals surface area (Å²) in [6, 6.07) is 0. The molecule has 1 unspecified atom stereocenters. The van der Waals surface area contributed by atoms with Crippen LogP contribution in [0.2, 0.25) is 0 Å². The Morgan fingerprint density at radius 2 is 1.92 bits per heavy atom. The van der Waals surface area contributed by atoms with Crippen LogP contribution in [0.3, 0.4) is 0 Å². The van der Waals surface area contributed by atoms with Crippen LogP contribution in [0.5, 0.6) is 0 Å². The van der Waals surface area contributed by atoms with E-state index in [1.54, 1.807) is 0 Å². The fourth-order valence-electron chi connectivity index (χ4n) is 0.755. The van der Waals surface area contributed by atoms with Gasteiger partial charge in [0.15, 0.2) is 0 Å². The van der Waals surface area contributed by atoms with E-state index in [2.05, 4.69) is 4.74 Å². The first kappa shape index (κ1) is 12.3. The maximum atomic E-state index is 12.1. The summed E-state index contributed by atoms with van der Waals surface area (Å²) in [4.78, 5) is 10.6. The number of unbranched alkanes of at least 4 members (excludes halogenated alkanes) is 2. The van der Waals surface area contributed by atoms with E-state index in [0.29, 0.717) is 6.42 Å². The lowest BCUT2D eigenvalue weighted by molar-refractivity contribution is -0.174. The van der Waals surface area contributed by atoms with Gasteiger partial charge in [0.25, 0.3) is 0 Å². The fraction of sp³-hybridized carbons (Fsp3) is 0.875. The van der Waals surface area contributed by atoms with Gasteiger partial charge >= 0.3 is 18.8 Å². The number of carbonyl (C=O) groups is 1. The third-order valence-electron chi connectivity index (χ3n) is 1.43. The highest BCUT2D eigenvalue weighted by atomic mass is 19.3. The molecule has 0 N–H and O–H groups in total. The molecule has 0 saturated carbocycles. The number of hydrogen-bond acceptors (Lipinski definition) is 2. The summed E-state index contributed by atoms with van der Waals surface area (Å²) < 4.78 is 38.9. The van der Waals surface area contributed by atoms with E-state index in [1.807, 2.05) is 6.92 Å². The Labute approximate surface area is 75.1 Å². The minimum Gasteiger partial charge on any atom is -0.425 e. The number of esters is 1. The largest absolute Gasteiger partial charge is 0.425 e. The highest BCUT2D eigenvalue weighted by molar-refractivity contribution is 5.69. The molecule has 0 aliphatic heterocycles. The number of carbonyl (C=O) groups excluding carboxylic acids is 1. The van der Waals surface area contributed by atoms with Crippen molar-refractivity contribution in [1.82, 2.24) is 0 Å². The first-order valence-corrected chi connectivity index (χ1v) is 4.19. The van der Waals surface area contributed by atoms with Gasteiger partial charge in [0.1, 0.15) is 0 Å². The summed E-state index contributed by atoms with van der Waals surface area (Å²) in [7, 11) is 0. The van der Waals surface area contributed by atoms with E-state index < -0.39 is 18.8 Å². The number of halogens is 3. The van der Waals surface area contributed by atoms with Gasteiger partial charge in [0.2, 0.25) is 0 Å². The summed E-state index contributed by atoms with van der Waals surface area (Å²) in [5.74, 6) is -0.902. The standard InChI is InChI=1S/C8H13F3O2/c1-2-3-4-5-6(12)13-8(11)7(9)10/h7-8H,2-5H2,1H3. The quantitative estimate of drug-likeness (QED) is 0.484. The molecule has 0 rings (SSSR count). The Balaban J connectivity index is 3.50. The van der Waals surface area contributed by atoms with E-state index in [-0.39, 0.29) is 6.42 Å². The van der Waals surface area contributed by atoms with Crippen molar-refractivity contribution in [2.45, 2.75) is 45.4 Å². The normalized spacial score (nSPS) is 13.0. The zero-order chi connectivity index (χ0) is 10.3. The molecule has 0 bridgehead atoms. The molecule has 0 aromatic heterocycles. The lowest BCUT2D eigenvalue weighted by Crippen LogP contribution is -2.20. The first-order valence-electron chi connectivity index (χ1n) is 4.19. The van der Waals surface area contributed by atoms with Gasteiger partial charge in [-0.1, -0.05) is 19.8 Å². The van der Waals surface area contributed by atoms with Crippen molar-refractivity contribution in [3.63, 3.8) is 0 Å². The van der Waals surface area contributed by atoms with Crippen LogP contribution < -0.4 is 0 Å². The maximum absolute atomic E-state index is 12.1. The highest BCUT2D eigenvalue weighted by Gasteiger charge is 2.22. The van der Waals surface area contributed by atoms with E-state index in [0.717, 1.165) is 12.8 Å². The van der Waals surface area contributed by atoms with Crippen LogP contribution in [0.4, 0.5) is 13.2 Å². The van der Waals surface area contributed by atoms with Crippen LogP contribution in [-0.4, -0.2) is 18.8 Å². The maximum Gasteiger partial charge on any atom is 0.308 e. The van der Waals surface area contributed by atoms with Crippen molar-refractivity contribution >= 4 is 5.97 Å². The molecular weight excluding hydrogens is 185 g/mol. The Morgan fingerprint density at radius 3 is 2.38 bits per heavy atom. The van der Waals surface area contributed by atoms with Crippen LogP contribution in [0, 0.1) is 0 Å². The molecule has 0 radical (unpaired) electrons. The lowest BCUT2D eigenvalue weighted by Gasteiger charge is -2.08. The zero-order valence-corrected chi connectivity index (χ0v) is 7.43. The van der Waals surface area contributed by atoms with Gasteiger partial charge in [-0.25, -0.2) is 8.78 Å². The van der Waals surface area contributed by atoms with Gasteiger partial charge in [-0.05, 0) is 6.42 Å². The summed E-state index contributed by atoms with van der Waals surface area (Å²) in [5.41, 5.74) is 0. The monoisotopic (exact) mass is 198 g/mol. The second-order valence-corrected chi connectivity index (χ2v) is 2.63. The molecule has 5 heteroatoms. The predicted octanol–water partition coefficient (Wildman–Crippen LogP) is 2.67. The smallest absolute Gasteiger partial charge is 0.308 e. The van der Waals surface area contributed by atoms with Crippen LogP contribution >= 0.6 is 0 Å². The summed E-state index contributed by atoms with van der Waals surface area (Å²) >= 11 is 0. The third kappa shape index (κ3) is 6.42. The van der Waals surface area contributed by atoms with Crippen molar-refractivity contribution < 1.29 is 22.7 Å². The molecule has 0 aliphatic carbocycles. The van der Waals surface area contributed by atoms with Gasteiger partial charge < -0.3 is 4.74 Å². The van der Waals surface area contributed by atoms with Crippen LogP contribution in [0.25, 0.3) is 0 Å². The Morgan fingerprint density at radius 1 is 1.31 bits per heavy atom. The minimum atomic E-state index is -3.25. The third-order valence-corrected chi connectivity index (χ3v) is 1.43. The Hall–Kier alpha value is -0.740. The van der Waals surface area contributed by atoms with Crippen molar-refractivity contribution in [1.29, 1.82) is 0 Å². The minimum absolute atomic E-state index is 0.000972. The molecule has 0 saturated heterocycles. The summed E-state index contributed by atoms with van der Waals surface area (Å²) in [6.07, 6.45) is -3.78. The summed E-state index contributed by atoms with van der Waals surface area (Å²) in [5, 5.41) is 0. The highest BCUT2D eigenvalue weighted by Crippen LogP contribution is 2.09. The molecule has 0 spiro atoms. The van der Waals surface area contributed by atoms with E-state index in [4.69, 9.17) is 0 Å². The topological polar surface area (TPSA) is 26.3 Å². The molecule has 0 fully saturated rings. The number of alkyl halides is 3. The molecule has 0 aromatic carbocycles. The molecule has 0 aliphatic rings. The van der Waals surface area contributed by atoms with Crippen molar-refractivity contribution in [3.8, 4) is 0 Å². The average Bonchev–Trinajstić information content (AvgIpc) is 2.04. The second-order valence-electron chi connectivity index (χ2n) is 2.63. The van der Waals surface area contributed by atoms with Gasteiger partial charge in [-0.3, -0.25) is 4.79 Å². The molecule has 1 atom stereocenters.